The largest absolute Gasteiger partial charge is 0.790 e. The van der Waals surface area contributed by atoms with E-state index in [4.69, 9.17) is 14.7 Å². The first-order valence-electron chi connectivity index (χ1n) is 6.43. The van der Waals surface area contributed by atoms with E-state index in [0.29, 0.717) is 0 Å². The van der Waals surface area contributed by atoms with E-state index in [-0.39, 0.29) is 0 Å². The third kappa shape index (κ3) is 8.62. The van der Waals surface area contributed by atoms with Gasteiger partial charge >= 0.3 is 0 Å². The van der Waals surface area contributed by atoms with Crippen molar-refractivity contribution in [3.63, 3.8) is 0 Å². The van der Waals surface area contributed by atoms with E-state index in [0.717, 1.165) is 0 Å². The van der Waals surface area contributed by atoms with Gasteiger partial charge in [0.1, 0.15) is 36.6 Å². The molecule has 1 rings (SSSR count). The first-order valence-corrected chi connectivity index (χ1v) is 12.4. The molecule has 9 unspecified atom stereocenters. The highest BCUT2D eigenvalue weighted by Gasteiger charge is 2.55. The van der Waals surface area contributed by atoms with Crippen molar-refractivity contribution in [1.82, 2.24) is 0 Å². The molecule has 1 aliphatic carbocycles. The minimum atomic E-state index is -6.23. The fourth-order valence-corrected chi connectivity index (χ4v) is 4.44. The normalized spacial score (nSPS) is 38.2. The average molecular weight is 495 g/mol. The highest BCUT2D eigenvalue weighted by atomic mass is 31.2. The molecule has 1 fully saturated rings. The predicted molar refractivity (Wildman–Crippen MR) is 68.6 cm³/mol. The van der Waals surface area contributed by atoms with E-state index >= 15 is 0 Å². The fraction of sp³-hybridized carbons (Fsp3) is 1.00. The van der Waals surface area contributed by atoms with E-state index < -0.39 is 67.9 Å². The zero-order chi connectivity index (χ0) is 22.3. The van der Waals surface area contributed by atoms with Crippen molar-refractivity contribution in [2.45, 2.75) is 36.6 Å². The highest BCUT2D eigenvalue weighted by molar-refractivity contribution is 7.45. The summed E-state index contributed by atoms with van der Waals surface area (Å²) in [4.78, 5) is 80.6. The standard InChI is InChI=1S/C6H16O18P4/c7-1-2(8)4(22-26(12,13)14)6(24-28(18,19)20)5(23-27(15,16)17)3(1)21-25(9,10)11/h1-8H,(H2,9,10,11)(H2,12,13,14)(H2,15,16,17)(H2,18,19,20)/p-5. The molecule has 0 heterocycles. The molecule has 0 aromatic heterocycles. The Balaban J connectivity index is 3.53. The molecule has 0 spiro atoms. The summed E-state index contributed by atoms with van der Waals surface area (Å²) < 4.78 is 59.0. The van der Waals surface area contributed by atoms with E-state index in [1.165, 1.54) is 0 Å². The number of hydrogen-bond acceptors (Lipinski definition) is 15. The molecule has 18 nitrogen and oxygen atoms in total. The second-order valence-electron chi connectivity index (χ2n) is 5.11. The number of phosphoric acid groups is 4. The summed E-state index contributed by atoms with van der Waals surface area (Å²) in [5, 5.41) is 19.6. The Morgan fingerprint density at radius 3 is 1.04 bits per heavy atom. The quantitative estimate of drug-likeness (QED) is 0.195. The van der Waals surface area contributed by atoms with Gasteiger partial charge in [-0.05, 0) is 0 Å². The number of hydrogen-bond donors (Lipinski definition) is 5. The smallest absolute Gasteiger partial charge is 0.265 e. The van der Waals surface area contributed by atoms with Gasteiger partial charge in [-0.1, -0.05) is 0 Å². The third-order valence-electron chi connectivity index (χ3n) is 3.01. The molecule has 0 saturated heterocycles. The van der Waals surface area contributed by atoms with Crippen LogP contribution in [-0.4, -0.2) is 61.5 Å². The van der Waals surface area contributed by atoms with E-state index in [1.807, 2.05) is 0 Å². The van der Waals surface area contributed by atoms with Gasteiger partial charge in [-0.25, -0.2) is 0 Å². The van der Waals surface area contributed by atoms with Gasteiger partial charge in [0, 0.05) is 0 Å². The van der Waals surface area contributed by atoms with Gasteiger partial charge in [0.05, 0.1) is 7.82 Å². The summed E-state index contributed by atoms with van der Waals surface area (Å²) in [7, 11) is -24.0. The van der Waals surface area contributed by atoms with Gasteiger partial charge in [-0.2, -0.15) is 0 Å². The third-order valence-corrected chi connectivity index (χ3v) is 5.04. The van der Waals surface area contributed by atoms with Gasteiger partial charge in [-0.15, -0.1) is 0 Å². The van der Waals surface area contributed by atoms with Gasteiger partial charge in [0.2, 0.25) is 0 Å². The molecule has 28 heavy (non-hydrogen) atoms. The minimum Gasteiger partial charge on any atom is -0.790 e. The average Bonchev–Trinajstić information content (AvgIpc) is 2.39. The molecular weight excluding hydrogens is 484 g/mol. The Morgan fingerprint density at radius 1 is 0.536 bits per heavy atom. The molecule has 1 aliphatic rings. The second-order valence-corrected chi connectivity index (χ2v) is 9.66. The maximum atomic E-state index is 11.0. The lowest BCUT2D eigenvalue weighted by Gasteiger charge is -2.50. The van der Waals surface area contributed by atoms with Crippen LogP contribution in [0.15, 0.2) is 0 Å². The number of rotatable bonds is 8. The molecule has 1 saturated carbocycles. The molecule has 9 atom stereocenters. The van der Waals surface area contributed by atoms with Crippen molar-refractivity contribution < 1.29 is 85.7 Å². The molecule has 168 valence electrons. The van der Waals surface area contributed by atoms with Crippen molar-refractivity contribution in [1.29, 1.82) is 0 Å². The minimum absolute atomic E-state index is 2.74. The molecule has 0 bridgehead atoms. The molecule has 0 aromatic rings. The molecular formula is C6H11O18P4-5. The lowest BCUT2D eigenvalue weighted by Crippen LogP contribution is -2.66. The summed E-state index contributed by atoms with van der Waals surface area (Å²) in [6, 6.07) is 0. The van der Waals surface area contributed by atoms with Crippen molar-refractivity contribution in [3.8, 4) is 0 Å². The second kappa shape index (κ2) is 8.85. The summed E-state index contributed by atoms with van der Waals surface area (Å²) in [5.41, 5.74) is 0. The van der Waals surface area contributed by atoms with E-state index in [1.54, 1.807) is 0 Å². The van der Waals surface area contributed by atoms with Crippen molar-refractivity contribution >= 4 is 31.3 Å². The van der Waals surface area contributed by atoms with Crippen LogP contribution in [0.25, 0.3) is 0 Å². The van der Waals surface area contributed by atoms with Gasteiger partial charge < -0.3 is 72.0 Å². The van der Waals surface area contributed by atoms with Crippen LogP contribution < -0.4 is 24.5 Å². The van der Waals surface area contributed by atoms with Gasteiger partial charge in [-0.3, -0.25) is 13.7 Å². The van der Waals surface area contributed by atoms with Crippen LogP contribution in [-0.2, 0) is 36.4 Å². The zero-order valence-electron chi connectivity index (χ0n) is 12.8. The Morgan fingerprint density at radius 2 is 0.786 bits per heavy atom. The zero-order valence-corrected chi connectivity index (χ0v) is 16.4. The van der Waals surface area contributed by atoms with Gasteiger partial charge in [0.25, 0.3) is 23.5 Å². The number of aliphatic hydroxyl groups excluding tert-OH is 2. The molecule has 0 aromatic carbocycles. The molecule has 5 N–H and O–H groups in total. The molecule has 22 heteroatoms. The summed E-state index contributed by atoms with van der Waals surface area (Å²) >= 11 is 0. The first-order chi connectivity index (χ1) is 12.2. The van der Waals surface area contributed by atoms with Crippen LogP contribution in [0.2, 0.25) is 0 Å². The lowest BCUT2D eigenvalue weighted by molar-refractivity contribution is -0.354. The monoisotopic (exact) mass is 495 g/mol. The van der Waals surface area contributed by atoms with Crippen LogP contribution in [0, 0.1) is 0 Å². The predicted octanol–water partition coefficient (Wildman–Crippen LogP) is -6.53. The lowest BCUT2D eigenvalue weighted by atomic mass is 9.85. The SMILES string of the molecule is O=P([O-])([O-])OC1C(OP(=O)([O-])O)C(O)C(O)C(OP(=O)([O-])O)C1OP(=O)([O-])O. The van der Waals surface area contributed by atoms with E-state index in [9.17, 15) is 52.9 Å². The molecule has 0 radical (unpaired) electrons. The first kappa shape index (κ1) is 26.4. The Labute approximate surface area is 154 Å². The fourth-order valence-electron chi connectivity index (χ4n) is 2.25. The summed E-state index contributed by atoms with van der Waals surface area (Å²) in [5.74, 6) is 0. The van der Waals surface area contributed by atoms with Crippen LogP contribution in [0.4, 0.5) is 0 Å². The number of aliphatic hydroxyl groups is 2. The highest BCUT2D eigenvalue weighted by Crippen LogP contribution is 2.48. The summed E-state index contributed by atoms with van der Waals surface area (Å²) in [6.45, 7) is 0. The summed E-state index contributed by atoms with van der Waals surface area (Å²) in [6.07, 6.45) is -16.9. The van der Waals surface area contributed by atoms with Crippen LogP contribution in [0.5, 0.6) is 0 Å². The van der Waals surface area contributed by atoms with Gasteiger partial charge in [0.15, 0.2) is 0 Å². The van der Waals surface area contributed by atoms with E-state index in [2.05, 4.69) is 18.1 Å². The molecule has 0 aliphatic heterocycles. The van der Waals surface area contributed by atoms with Crippen molar-refractivity contribution in [2.75, 3.05) is 0 Å². The Hall–Kier alpha value is 0.360. The van der Waals surface area contributed by atoms with Crippen molar-refractivity contribution in [2.24, 2.45) is 0 Å². The van der Waals surface area contributed by atoms with Crippen molar-refractivity contribution in [3.05, 3.63) is 0 Å². The topological polar surface area (TPSA) is 322 Å². The van der Waals surface area contributed by atoms with Crippen LogP contribution in [0.3, 0.4) is 0 Å². The number of phosphoric ester groups is 4. The Kier molecular flexibility index (Phi) is 8.34. The van der Waals surface area contributed by atoms with Crippen LogP contribution in [0.1, 0.15) is 0 Å². The maximum Gasteiger partial charge on any atom is 0.265 e. The Bertz CT molecular complexity index is 664. The molecule has 0 amide bonds. The maximum absolute atomic E-state index is 11.0. The van der Waals surface area contributed by atoms with Crippen LogP contribution >= 0.6 is 31.3 Å².